The standard InChI is InChI=1S/2C11H14ClF.C11H15Cl.2C10H12ClF.CH4/c2*1-7-5-6-8(11(2,3)4)10(13)9(7)12;1-8-5-6-9(7-10(8)12)11(2,3)4;1-10(2,3)8-6-7(11)4-5-9(8)12;1-10(2,3)7-5-4-6-8(11)9(7)12;/h2*5-6H,1-4H3;5-7H,1-4H3;2*4-6H,1-3H3;1H4. The Morgan fingerprint density at radius 1 is 0.365 bits per heavy atom. The maximum absolute atomic E-state index is 13.6. The van der Waals surface area contributed by atoms with Crippen LogP contribution in [0.1, 0.15) is 156 Å². The number of halogens is 9. The summed E-state index contributed by atoms with van der Waals surface area (Å²) in [5.41, 5.74) is 6.10. The zero-order valence-corrected chi connectivity index (χ0v) is 43.7. The molecule has 0 unspecified atom stereocenters. The topological polar surface area (TPSA) is 0 Å². The summed E-state index contributed by atoms with van der Waals surface area (Å²) in [5, 5.41) is 2.13. The molecule has 0 spiro atoms. The predicted molar refractivity (Wildman–Crippen MR) is 272 cm³/mol. The van der Waals surface area contributed by atoms with Gasteiger partial charge in [-0.25, -0.2) is 17.6 Å². The first kappa shape index (κ1) is 60.3. The van der Waals surface area contributed by atoms with Gasteiger partial charge in [-0.3, -0.25) is 0 Å². The fraction of sp³-hybridized carbons (Fsp3) is 0.444. The third-order valence-corrected chi connectivity index (χ3v) is 11.6. The van der Waals surface area contributed by atoms with Crippen LogP contribution in [-0.4, -0.2) is 0 Å². The van der Waals surface area contributed by atoms with E-state index in [-0.39, 0.29) is 72.8 Å². The minimum absolute atomic E-state index is 0. The Kier molecular flexibility index (Phi) is 23.1. The van der Waals surface area contributed by atoms with Gasteiger partial charge in [-0.2, -0.15) is 0 Å². The van der Waals surface area contributed by atoms with Gasteiger partial charge in [-0.05, 0) is 123 Å². The Bertz CT molecular complexity index is 2160. The molecule has 0 aliphatic rings. The molecule has 350 valence electrons. The van der Waals surface area contributed by atoms with Crippen LogP contribution in [0.3, 0.4) is 0 Å². The molecule has 5 aromatic rings. The molecule has 0 radical (unpaired) electrons. The van der Waals surface area contributed by atoms with E-state index in [1.165, 1.54) is 11.6 Å². The summed E-state index contributed by atoms with van der Waals surface area (Å²) >= 11 is 29.0. The minimum Gasteiger partial charge on any atom is -0.207 e. The molecule has 0 atom stereocenters. The Hall–Kier alpha value is -2.73. The van der Waals surface area contributed by atoms with Gasteiger partial charge in [-0.1, -0.05) is 218 Å². The van der Waals surface area contributed by atoms with Crippen LogP contribution in [0.2, 0.25) is 25.1 Å². The number of rotatable bonds is 0. The molecule has 0 nitrogen and oxygen atoms in total. The van der Waals surface area contributed by atoms with Crippen LogP contribution in [0, 0.1) is 44.0 Å². The average Bonchev–Trinajstić information content (AvgIpc) is 3.11. The van der Waals surface area contributed by atoms with Gasteiger partial charge in [0.1, 0.15) is 23.3 Å². The molecule has 0 aliphatic carbocycles. The summed E-state index contributed by atoms with van der Waals surface area (Å²) in [6.45, 7) is 35.8. The molecule has 5 rings (SSSR count). The van der Waals surface area contributed by atoms with Crippen LogP contribution in [0.15, 0.2) is 78.9 Å². The van der Waals surface area contributed by atoms with Gasteiger partial charge < -0.3 is 0 Å². The highest BCUT2D eigenvalue weighted by molar-refractivity contribution is 6.32. The largest absolute Gasteiger partial charge is 0.207 e. The number of benzene rings is 5. The second kappa shape index (κ2) is 24.2. The van der Waals surface area contributed by atoms with Gasteiger partial charge >= 0.3 is 0 Å². The van der Waals surface area contributed by atoms with Crippen LogP contribution in [0.25, 0.3) is 0 Å². The Balaban J connectivity index is 0.000000760. The molecule has 0 N–H and O–H groups in total. The van der Waals surface area contributed by atoms with Crippen molar-refractivity contribution in [3.8, 4) is 0 Å². The maximum atomic E-state index is 13.6. The summed E-state index contributed by atoms with van der Waals surface area (Å²) in [6, 6.07) is 23.3. The summed E-state index contributed by atoms with van der Waals surface area (Å²) in [7, 11) is 0. The average molecular weight is 973 g/mol. The lowest BCUT2D eigenvalue weighted by Crippen LogP contribution is -2.13. The van der Waals surface area contributed by atoms with Crippen molar-refractivity contribution in [2.45, 2.75) is 159 Å². The first-order valence-electron chi connectivity index (χ1n) is 20.5. The van der Waals surface area contributed by atoms with Crippen molar-refractivity contribution in [2.24, 2.45) is 0 Å². The number of hydrogen-bond donors (Lipinski definition) is 0. The molecule has 0 fully saturated rings. The predicted octanol–water partition coefficient (Wildman–Crippen LogP) is 20.3. The SMILES string of the molecule is C.CC(C)(C)c1cc(Cl)ccc1F.CC(C)(C)c1cccc(Cl)c1F.Cc1ccc(C(C)(C)C)c(F)c1Cl.Cc1ccc(C(C)(C)C)c(F)c1Cl.Cc1ccc(C(C)(C)C)cc1Cl. The van der Waals surface area contributed by atoms with Crippen LogP contribution < -0.4 is 0 Å². The van der Waals surface area contributed by atoms with E-state index in [9.17, 15) is 17.6 Å². The number of aryl methyl sites for hydroxylation is 3. The lowest BCUT2D eigenvalue weighted by atomic mass is 9.86. The highest BCUT2D eigenvalue weighted by Gasteiger charge is 2.23. The van der Waals surface area contributed by atoms with Gasteiger partial charge in [-0.15, -0.1) is 0 Å². The van der Waals surface area contributed by atoms with Gasteiger partial charge in [0.05, 0.1) is 15.1 Å². The van der Waals surface area contributed by atoms with E-state index in [1.807, 2.05) is 102 Å². The second-order valence-corrected chi connectivity index (χ2v) is 22.6. The fourth-order valence-electron chi connectivity index (χ4n) is 5.67. The lowest BCUT2D eigenvalue weighted by molar-refractivity contribution is 0.522. The van der Waals surface area contributed by atoms with E-state index >= 15 is 0 Å². The van der Waals surface area contributed by atoms with Gasteiger partial charge in [0.2, 0.25) is 0 Å². The van der Waals surface area contributed by atoms with Crippen LogP contribution in [-0.2, 0) is 27.1 Å². The van der Waals surface area contributed by atoms with Crippen molar-refractivity contribution < 1.29 is 17.6 Å². The fourth-order valence-corrected chi connectivity index (χ4v) is 6.52. The monoisotopic (exact) mass is 970 g/mol. The lowest BCUT2D eigenvalue weighted by Gasteiger charge is -2.20. The molecular weight excluding hydrogens is 902 g/mol. The summed E-state index contributed by atoms with van der Waals surface area (Å²) < 4.78 is 53.8. The quantitative estimate of drug-likeness (QED) is 0.136. The number of hydrogen-bond acceptors (Lipinski definition) is 0. The second-order valence-electron chi connectivity index (χ2n) is 20.6. The molecule has 0 heterocycles. The zero-order valence-electron chi connectivity index (χ0n) is 39.9. The van der Waals surface area contributed by atoms with Crippen molar-refractivity contribution in [1.82, 2.24) is 0 Å². The van der Waals surface area contributed by atoms with Crippen molar-refractivity contribution in [2.75, 3.05) is 0 Å². The molecule has 63 heavy (non-hydrogen) atoms. The third kappa shape index (κ3) is 19.0. The molecule has 0 aromatic heterocycles. The zero-order chi connectivity index (χ0) is 48.5. The van der Waals surface area contributed by atoms with Gasteiger partial charge in [0, 0.05) is 10.0 Å². The minimum atomic E-state index is -0.299. The Labute approximate surface area is 404 Å². The van der Waals surface area contributed by atoms with E-state index in [0.717, 1.165) is 21.7 Å². The summed E-state index contributed by atoms with van der Waals surface area (Å²) in [6.07, 6.45) is 0. The molecule has 9 heteroatoms. The Morgan fingerprint density at radius 2 is 0.746 bits per heavy atom. The molecule has 0 saturated carbocycles. The first-order valence-corrected chi connectivity index (χ1v) is 22.4. The van der Waals surface area contributed by atoms with Crippen LogP contribution in [0.4, 0.5) is 17.6 Å². The molecule has 0 bridgehead atoms. The molecule has 5 aromatic carbocycles. The highest BCUT2D eigenvalue weighted by atomic mass is 35.5. The third-order valence-electron chi connectivity index (χ3n) is 9.70. The van der Waals surface area contributed by atoms with E-state index < -0.39 is 0 Å². The van der Waals surface area contributed by atoms with Gasteiger partial charge in [0.25, 0.3) is 0 Å². The maximum Gasteiger partial charge on any atom is 0.145 e. The first-order chi connectivity index (χ1) is 27.9. The van der Waals surface area contributed by atoms with Crippen molar-refractivity contribution >= 4 is 58.0 Å². The summed E-state index contributed by atoms with van der Waals surface area (Å²) in [4.78, 5) is 0. The summed E-state index contributed by atoms with van der Waals surface area (Å²) in [5.74, 6) is -1.05. The van der Waals surface area contributed by atoms with Crippen LogP contribution in [0.5, 0.6) is 0 Å². The smallest absolute Gasteiger partial charge is 0.145 e. The molecule has 0 amide bonds. The molecule has 0 aliphatic heterocycles. The van der Waals surface area contributed by atoms with E-state index in [0.29, 0.717) is 27.3 Å². The van der Waals surface area contributed by atoms with Crippen molar-refractivity contribution in [3.63, 3.8) is 0 Å². The van der Waals surface area contributed by atoms with Crippen molar-refractivity contribution in [1.29, 1.82) is 0 Å². The normalized spacial score (nSPS) is 11.6. The van der Waals surface area contributed by atoms with E-state index in [1.54, 1.807) is 56.3 Å². The van der Waals surface area contributed by atoms with E-state index in [4.69, 9.17) is 58.0 Å². The van der Waals surface area contributed by atoms with Crippen molar-refractivity contribution in [3.05, 3.63) is 172 Å². The van der Waals surface area contributed by atoms with Gasteiger partial charge in [0.15, 0.2) is 0 Å². The van der Waals surface area contributed by atoms with E-state index in [2.05, 4.69) is 39.0 Å². The Morgan fingerprint density at radius 3 is 1.08 bits per heavy atom. The molecular formula is C54H71Cl5F4. The molecule has 0 saturated heterocycles. The highest BCUT2D eigenvalue weighted by Crippen LogP contribution is 2.33. The van der Waals surface area contributed by atoms with Crippen LogP contribution >= 0.6 is 58.0 Å².